The lowest BCUT2D eigenvalue weighted by molar-refractivity contribution is -0.156. The normalized spacial score (nSPS) is 40.7. The molecule has 0 aromatic rings. The molecule has 3 N–H and O–H groups in total. The van der Waals surface area contributed by atoms with Gasteiger partial charge in [-0.15, -0.1) is 0 Å². The number of rotatable bonds is 4. The second-order valence-corrected chi connectivity index (χ2v) is 7.31. The predicted octanol–water partition coefficient (Wildman–Crippen LogP) is 1.63. The zero-order valence-electron chi connectivity index (χ0n) is 11.8. The minimum atomic E-state index is -1.69. The Morgan fingerprint density at radius 1 is 1.44 bits per heavy atom. The molecule has 2 bridgehead atoms. The van der Waals surface area contributed by atoms with Crippen molar-refractivity contribution in [1.29, 1.82) is 0 Å². The number of aliphatic carboxylic acids is 1. The maximum Gasteiger partial charge on any atom is 0.336 e. The van der Waals surface area contributed by atoms with Gasteiger partial charge in [0.05, 0.1) is 0 Å². The Bertz CT molecular complexity index is 359. The zero-order chi connectivity index (χ0) is 13.8. The van der Waals surface area contributed by atoms with E-state index in [4.69, 9.17) is 5.11 Å². The first kappa shape index (κ1) is 13.8. The molecule has 2 aliphatic carbocycles. The third-order valence-electron chi connectivity index (χ3n) is 5.38. The number of carbonyl (C=O) groups is 1. The number of fused-ring (bicyclic) bond motifs is 2. The lowest BCUT2D eigenvalue weighted by Gasteiger charge is -2.44. The molecule has 4 unspecified atom stereocenters. The second kappa shape index (κ2) is 3.94. The molecule has 104 valence electrons. The molecule has 4 atom stereocenters. The summed E-state index contributed by atoms with van der Waals surface area (Å²) in [6, 6.07) is 0.287. The molecule has 0 saturated heterocycles. The van der Waals surface area contributed by atoms with Crippen molar-refractivity contribution >= 4 is 5.97 Å². The molecule has 0 aromatic heterocycles. The summed E-state index contributed by atoms with van der Waals surface area (Å²) in [5, 5.41) is 22.1. The number of carboxylic acid groups (broad SMARTS) is 1. The van der Waals surface area contributed by atoms with Crippen LogP contribution in [0.2, 0.25) is 0 Å². The molecule has 2 aliphatic rings. The van der Waals surface area contributed by atoms with Crippen LogP contribution in [0.15, 0.2) is 0 Å². The summed E-state index contributed by atoms with van der Waals surface area (Å²) in [6.45, 7) is 8.27. The van der Waals surface area contributed by atoms with Crippen LogP contribution in [0.5, 0.6) is 0 Å². The first-order chi connectivity index (χ1) is 8.09. The van der Waals surface area contributed by atoms with E-state index in [9.17, 15) is 9.90 Å². The van der Waals surface area contributed by atoms with Crippen molar-refractivity contribution in [2.24, 2.45) is 16.7 Å². The standard InChI is InChI=1S/C14H25NO3/c1-12(2)9-5-6-13(3,7-9)10(12)15-8-14(4,18)11(16)17/h9-10,15,18H,5-8H2,1-4H3,(H,16,17). The summed E-state index contributed by atoms with van der Waals surface area (Å²) in [5.74, 6) is -0.448. The highest BCUT2D eigenvalue weighted by molar-refractivity contribution is 5.76. The summed E-state index contributed by atoms with van der Waals surface area (Å²) >= 11 is 0. The number of hydrogen-bond donors (Lipinski definition) is 3. The third kappa shape index (κ3) is 1.95. The fourth-order valence-electron chi connectivity index (χ4n) is 4.19. The highest BCUT2D eigenvalue weighted by Crippen LogP contribution is 2.62. The van der Waals surface area contributed by atoms with Crippen LogP contribution in [0.3, 0.4) is 0 Å². The summed E-state index contributed by atoms with van der Waals surface area (Å²) in [6.07, 6.45) is 3.69. The molecular formula is C14H25NO3. The number of hydrogen-bond acceptors (Lipinski definition) is 3. The highest BCUT2D eigenvalue weighted by Gasteiger charge is 2.59. The van der Waals surface area contributed by atoms with Gasteiger partial charge in [-0.25, -0.2) is 4.79 Å². The van der Waals surface area contributed by atoms with Gasteiger partial charge in [0.15, 0.2) is 5.60 Å². The van der Waals surface area contributed by atoms with Gasteiger partial charge in [0.1, 0.15) is 0 Å². The average molecular weight is 255 g/mol. The van der Waals surface area contributed by atoms with E-state index in [2.05, 4.69) is 26.1 Å². The minimum absolute atomic E-state index is 0.110. The van der Waals surface area contributed by atoms with Crippen LogP contribution in [0, 0.1) is 16.7 Å². The van der Waals surface area contributed by atoms with E-state index < -0.39 is 11.6 Å². The molecular weight excluding hydrogens is 230 g/mol. The van der Waals surface area contributed by atoms with Gasteiger partial charge in [-0.2, -0.15) is 0 Å². The lowest BCUT2D eigenvalue weighted by Crippen LogP contribution is -2.55. The predicted molar refractivity (Wildman–Crippen MR) is 69.3 cm³/mol. The van der Waals surface area contributed by atoms with Crippen molar-refractivity contribution < 1.29 is 15.0 Å². The maximum atomic E-state index is 10.9. The van der Waals surface area contributed by atoms with Crippen LogP contribution in [-0.4, -0.2) is 34.4 Å². The fraction of sp³-hybridized carbons (Fsp3) is 0.929. The number of carboxylic acids is 1. The van der Waals surface area contributed by atoms with Gasteiger partial charge in [0.25, 0.3) is 0 Å². The average Bonchev–Trinajstić information content (AvgIpc) is 2.68. The van der Waals surface area contributed by atoms with Crippen LogP contribution in [-0.2, 0) is 4.79 Å². The van der Waals surface area contributed by atoms with E-state index in [1.54, 1.807) is 0 Å². The Balaban J connectivity index is 2.08. The van der Waals surface area contributed by atoms with Crippen molar-refractivity contribution in [1.82, 2.24) is 5.32 Å². The Kier molecular flexibility index (Phi) is 3.02. The number of aliphatic hydroxyl groups is 1. The quantitative estimate of drug-likeness (QED) is 0.714. The molecule has 0 aliphatic heterocycles. The summed E-state index contributed by atoms with van der Waals surface area (Å²) in [7, 11) is 0. The van der Waals surface area contributed by atoms with Gasteiger partial charge < -0.3 is 15.5 Å². The Hall–Kier alpha value is -0.610. The largest absolute Gasteiger partial charge is 0.479 e. The van der Waals surface area contributed by atoms with E-state index in [1.807, 2.05) is 0 Å². The lowest BCUT2D eigenvalue weighted by atomic mass is 9.68. The van der Waals surface area contributed by atoms with Crippen molar-refractivity contribution in [2.75, 3.05) is 6.54 Å². The first-order valence-electron chi connectivity index (χ1n) is 6.79. The molecule has 2 fully saturated rings. The molecule has 18 heavy (non-hydrogen) atoms. The Morgan fingerprint density at radius 3 is 2.50 bits per heavy atom. The van der Waals surface area contributed by atoms with E-state index >= 15 is 0 Å². The van der Waals surface area contributed by atoms with Gasteiger partial charge in [-0.1, -0.05) is 20.8 Å². The molecule has 0 amide bonds. The van der Waals surface area contributed by atoms with Crippen LogP contribution >= 0.6 is 0 Å². The zero-order valence-corrected chi connectivity index (χ0v) is 11.8. The van der Waals surface area contributed by atoms with E-state index in [0.717, 1.165) is 5.92 Å². The maximum absolute atomic E-state index is 10.9. The van der Waals surface area contributed by atoms with Crippen molar-refractivity contribution in [3.8, 4) is 0 Å². The van der Waals surface area contributed by atoms with Gasteiger partial charge >= 0.3 is 5.97 Å². The molecule has 2 rings (SSSR count). The van der Waals surface area contributed by atoms with E-state index in [0.29, 0.717) is 0 Å². The van der Waals surface area contributed by atoms with Gasteiger partial charge in [0, 0.05) is 12.6 Å². The van der Waals surface area contributed by atoms with Crippen molar-refractivity contribution in [3.63, 3.8) is 0 Å². The van der Waals surface area contributed by atoms with Crippen LogP contribution in [0.1, 0.15) is 47.0 Å². The highest BCUT2D eigenvalue weighted by atomic mass is 16.4. The molecule has 0 heterocycles. The van der Waals surface area contributed by atoms with Crippen LogP contribution < -0.4 is 5.32 Å². The van der Waals surface area contributed by atoms with Gasteiger partial charge in [0.2, 0.25) is 0 Å². The smallest absolute Gasteiger partial charge is 0.336 e. The van der Waals surface area contributed by atoms with Crippen molar-refractivity contribution in [2.45, 2.75) is 58.6 Å². The molecule has 4 heteroatoms. The SMILES string of the molecule is CC(O)(CNC1C2(C)CCC(C2)C1(C)C)C(=O)O. The molecule has 0 spiro atoms. The molecule has 0 radical (unpaired) electrons. The summed E-state index contributed by atoms with van der Waals surface area (Å²) < 4.78 is 0. The fourth-order valence-corrected chi connectivity index (χ4v) is 4.19. The minimum Gasteiger partial charge on any atom is -0.479 e. The monoisotopic (exact) mass is 255 g/mol. The molecule has 0 aromatic carbocycles. The van der Waals surface area contributed by atoms with Crippen molar-refractivity contribution in [3.05, 3.63) is 0 Å². The van der Waals surface area contributed by atoms with E-state index in [1.165, 1.54) is 26.2 Å². The topological polar surface area (TPSA) is 69.6 Å². The van der Waals surface area contributed by atoms with Gasteiger partial charge in [-0.05, 0) is 42.9 Å². The van der Waals surface area contributed by atoms with Gasteiger partial charge in [-0.3, -0.25) is 0 Å². The third-order valence-corrected chi connectivity index (χ3v) is 5.38. The van der Waals surface area contributed by atoms with E-state index in [-0.39, 0.29) is 23.4 Å². The molecule has 4 nitrogen and oxygen atoms in total. The number of nitrogens with one attached hydrogen (secondary N) is 1. The first-order valence-corrected chi connectivity index (χ1v) is 6.79. The Labute approximate surface area is 109 Å². The van der Waals surface area contributed by atoms with Crippen LogP contribution in [0.25, 0.3) is 0 Å². The van der Waals surface area contributed by atoms with Crippen LogP contribution in [0.4, 0.5) is 0 Å². The second-order valence-electron chi connectivity index (χ2n) is 7.31. The summed E-state index contributed by atoms with van der Waals surface area (Å²) in [5.41, 5.74) is -1.25. The Morgan fingerprint density at radius 2 is 2.06 bits per heavy atom. The summed E-state index contributed by atoms with van der Waals surface area (Å²) in [4.78, 5) is 10.9. The molecule has 2 saturated carbocycles.